The Balaban J connectivity index is 1.94. The molecule has 0 aliphatic heterocycles. The van der Waals surface area contributed by atoms with Crippen molar-refractivity contribution in [1.29, 1.82) is 0 Å². The number of fused-ring (bicyclic) bond motifs is 3. The Morgan fingerprint density at radius 1 is 0.519 bits per heavy atom. The predicted octanol–water partition coefficient (Wildman–Crippen LogP) is 4.92. The summed E-state index contributed by atoms with van der Waals surface area (Å²) in [7, 11) is 0. The summed E-state index contributed by atoms with van der Waals surface area (Å²) in [6.45, 7) is 0. The van der Waals surface area contributed by atoms with Crippen LogP contribution in [0.3, 0.4) is 0 Å². The van der Waals surface area contributed by atoms with Crippen LogP contribution in [-0.4, -0.2) is 10.8 Å². The summed E-state index contributed by atoms with van der Waals surface area (Å²) < 4.78 is 0. The quantitative estimate of drug-likeness (QED) is 0.492. The van der Waals surface area contributed by atoms with Gasteiger partial charge in [-0.2, -0.15) is 0 Å². The zero-order chi connectivity index (χ0) is 18.4. The van der Waals surface area contributed by atoms with E-state index < -0.39 is 0 Å². The molecule has 0 spiro atoms. The third kappa shape index (κ3) is 2.29. The summed E-state index contributed by atoms with van der Waals surface area (Å²) in [5.74, 6) is -0.0483. The maximum Gasteiger partial charge on any atom is 0.256 e. The minimum absolute atomic E-state index is 0.0483. The zero-order valence-corrected chi connectivity index (χ0v) is 14.4. The van der Waals surface area contributed by atoms with E-state index in [9.17, 15) is 9.59 Å². The van der Waals surface area contributed by atoms with Gasteiger partial charge in [-0.25, -0.2) is 0 Å². The van der Waals surface area contributed by atoms with E-state index in [2.05, 4.69) is 4.98 Å². The summed E-state index contributed by atoms with van der Waals surface area (Å²) in [5.41, 5.74) is 5.28. The lowest BCUT2D eigenvalue weighted by Crippen LogP contribution is -2.14. The SMILES string of the molecule is O=C1c2ccccc2-c2[nH]c(=O)c(-c3ccccc3)c(-c3ccccc3)c21. The molecule has 0 bridgehead atoms. The molecule has 5 rings (SSSR count). The van der Waals surface area contributed by atoms with E-state index in [-0.39, 0.29) is 11.3 Å². The standard InChI is InChI=1S/C24H15NO2/c26-23-18-14-8-7-13-17(18)22-21(23)19(15-9-3-1-4-10-15)20(24(27)25-22)16-11-5-2-6-12-16/h1-14H,(H,25,27). The first-order valence-electron chi connectivity index (χ1n) is 8.81. The number of H-pyrrole nitrogens is 1. The molecular weight excluding hydrogens is 334 g/mol. The number of carbonyl (C=O) groups excluding carboxylic acids is 1. The summed E-state index contributed by atoms with van der Waals surface area (Å²) in [5, 5.41) is 0. The smallest absolute Gasteiger partial charge is 0.256 e. The van der Waals surface area contributed by atoms with Gasteiger partial charge >= 0.3 is 0 Å². The third-order valence-electron chi connectivity index (χ3n) is 5.01. The molecule has 3 nitrogen and oxygen atoms in total. The minimum Gasteiger partial charge on any atom is -0.321 e. The molecule has 4 aromatic rings. The number of benzene rings is 3. The van der Waals surface area contributed by atoms with Crippen molar-refractivity contribution in [2.45, 2.75) is 0 Å². The van der Waals surface area contributed by atoms with Gasteiger partial charge in [-0.3, -0.25) is 9.59 Å². The third-order valence-corrected chi connectivity index (χ3v) is 5.01. The second-order valence-electron chi connectivity index (χ2n) is 6.56. The Morgan fingerprint density at radius 2 is 1.04 bits per heavy atom. The molecule has 0 fully saturated rings. The van der Waals surface area contributed by atoms with E-state index in [1.807, 2.05) is 84.9 Å². The molecular formula is C24H15NO2. The second kappa shape index (κ2) is 5.92. The van der Waals surface area contributed by atoms with Crippen LogP contribution in [0.15, 0.2) is 89.7 Å². The molecule has 1 aliphatic rings. The second-order valence-corrected chi connectivity index (χ2v) is 6.56. The van der Waals surface area contributed by atoms with Crippen LogP contribution in [0.4, 0.5) is 0 Å². The molecule has 1 aliphatic carbocycles. The van der Waals surface area contributed by atoms with Gasteiger partial charge in [-0.05, 0) is 11.1 Å². The molecule has 27 heavy (non-hydrogen) atoms. The Kier molecular flexibility index (Phi) is 3.41. The Hall–Kier alpha value is -3.72. The number of ketones is 1. The molecule has 0 saturated carbocycles. The van der Waals surface area contributed by atoms with Crippen molar-refractivity contribution in [2.75, 3.05) is 0 Å². The average molecular weight is 349 g/mol. The van der Waals surface area contributed by atoms with Gasteiger partial charge < -0.3 is 4.98 Å². The zero-order valence-electron chi connectivity index (χ0n) is 14.4. The van der Waals surface area contributed by atoms with Crippen LogP contribution in [0.2, 0.25) is 0 Å². The van der Waals surface area contributed by atoms with Gasteiger partial charge in [0.25, 0.3) is 5.56 Å². The van der Waals surface area contributed by atoms with Crippen molar-refractivity contribution < 1.29 is 4.79 Å². The number of pyridine rings is 1. The number of hydrogen-bond donors (Lipinski definition) is 1. The van der Waals surface area contributed by atoms with Crippen molar-refractivity contribution in [1.82, 2.24) is 4.98 Å². The number of aromatic amines is 1. The highest BCUT2D eigenvalue weighted by molar-refractivity contribution is 6.25. The van der Waals surface area contributed by atoms with Gasteiger partial charge in [0.05, 0.1) is 16.8 Å². The maximum absolute atomic E-state index is 13.3. The largest absolute Gasteiger partial charge is 0.321 e. The van der Waals surface area contributed by atoms with E-state index in [1.165, 1.54) is 0 Å². The molecule has 128 valence electrons. The Bertz CT molecular complexity index is 1240. The molecule has 0 atom stereocenters. The van der Waals surface area contributed by atoms with Crippen molar-refractivity contribution in [3.63, 3.8) is 0 Å². The highest BCUT2D eigenvalue weighted by Gasteiger charge is 2.33. The van der Waals surface area contributed by atoms with E-state index in [0.29, 0.717) is 27.9 Å². The van der Waals surface area contributed by atoms with Crippen molar-refractivity contribution in [2.24, 2.45) is 0 Å². The normalized spacial score (nSPS) is 11.9. The number of hydrogen-bond acceptors (Lipinski definition) is 2. The van der Waals surface area contributed by atoms with Crippen LogP contribution >= 0.6 is 0 Å². The first-order valence-corrected chi connectivity index (χ1v) is 8.81. The van der Waals surface area contributed by atoms with Crippen molar-refractivity contribution >= 4 is 5.78 Å². The van der Waals surface area contributed by atoms with Crippen LogP contribution in [-0.2, 0) is 0 Å². The topological polar surface area (TPSA) is 49.9 Å². The van der Waals surface area contributed by atoms with Gasteiger partial charge in [0.2, 0.25) is 0 Å². The molecule has 0 saturated heterocycles. The monoisotopic (exact) mass is 349 g/mol. The van der Waals surface area contributed by atoms with Gasteiger partial charge in [0.1, 0.15) is 0 Å². The molecule has 0 radical (unpaired) electrons. The van der Waals surface area contributed by atoms with Crippen LogP contribution in [0, 0.1) is 0 Å². The van der Waals surface area contributed by atoms with E-state index >= 15 is 0 Å². The summed E-state index contributed by atoms with van der Waals surface area (Å²) >= 11 is 0. The molecule has 0 amide bonds. The minimum atomic E-state index is -0.191. The van der Waals surface area contributed by atoms with Crippen LogP contribution in [0.25, 0.3) is 33.5 Å². The fourth-order valence-corrected chi connectivity index (χ4v) is 3.84. The first kappa shape index (κ1) is 15.5. The van der Waals surface area contributed by atoms with Crippen LogP contribution in [0.1, 0.15) is 15.9 Å². The average Bonchev–Trinajstić information content (AvgIpc) is 3.00. The molecule has 1 heterocycles. The molecule has 3 heteroatoms. The maximum atomic E-state index is 13.3. The fourth-order valence-electron chi connectivity index (χ4n) is 3.84. The molecule has 0 unspecified atom stereocenters. The summed E-state index contributed by atoms with van der Waals surface area (Å²) in [6.07, 6.45) is 0. The summed E-state index contributed by atoms with van der Waals surface area (Å²) in [4.78, 5) is 29.4. The van der Waals surface area contributed by atoms with Crippen LogP contribution in [0.5, 0.6) is 0 Å². The Labute approximate surface area is 156 Å². The van der Waals surface area contributed by atoms with Gasteiger partial charge in [0.15, 0.2) is 5.78 Å². The number of aromatic nitrogens is 1. The molecule has 1 N–H and O–H groups in total. The van der Waals surface area contributed by atoms with E-state index in [4.69, 9.17) is 0 Å². The Morgan fingerprint density at radius 3 is 1.67 bits per heavy atom. The van der Waals surface area contributed by atoms with E-state index in [0.717, 1.165) is 16.7 Å². The van der Waals surface area contributed by atoms with Gasteiger partial charge in [0, 0.05) is 16.7 Å². The first-order chi connectivity index (χ1) is 13.3. The number of carbonyl (C=O) groups is 1. The molecule has 3 aromatic carbocycles. The number of nitrogens with one attached hydrogen (secondary N) is 1. The predicted molar refractivity (Wildman–Crippen MR) is 107 cm³/mol. The lowest BCUT2D eigenvalue weighted by molar-refractivity contribution is 0.104. The lowest BCUT2D eigenvalue weighted by atomic mass is 9.90. The highest BCUT2D eigenvalue weighted by atomic mass is 16.1. The molecule has 1 aromatic heterocycles. The highest BCUT2D eigenvalue weighted by Crippen LogP contribution is 2.42. The lowest BCUT2D eigenvalue weighted by Gasteiger charge is -2.14. The van der Waals surface area contributed by atoms with Crippen molar-refractivity contribution in [3.05, 3.63) is 106 Å². The summed E-state index contributed by atoms with van der Waals surface area (Å²) in [6, 6.07) is 26.6. The fraction of sp³-hybridized carbons (Fsp3) is 0. The van der Waals surface area contributed by atoms with E-state index in [1.54, 1.807) is 0 Å². The van der Waals surface area contributed by atoms with Crippen LogP contribution < -0.4 is 5.56 Å². The van der Waals surface area contributed by atoms with Crippen molar-refractivity contribution in [3.8, 4) is 33.5 Å². The van der Waals surface area contributed by atoms with Gasteiger partial charge in [-0.15, -0.1) is 0 Å². The van der Waals surface area contributed by atoms with Gasteiger partial charge in [-0.1, -0.05) is 84.9 Å². The number of rotatable bonds is 2.